The molecule has 6 heteroatoms. The Balaban J connectivity index is 1.78. The summed E-state index contributed by atoms with van der Waals surface area (Å²) in [5.74, 6) is 0.831. The standard InChI is InChI=1S/C15H22N2O4/c1-19-15(18)12(10-5-2-3-6-10)14-16-13(17-21-14)11-7-4-8-20-9-11/h10-12H,2-9H2,1H3. The van der Waals surface area contributed by atoms with Gasteiger partial charge in [-0.2, -0.15) is 4.98 Å². The number of ether oxygens (including phenoxy) is 2. The van der Waals surface area contributed by atoms with Gasteiger partial charge in [0.2, 0.25) is 5.89 Å². The number of hydrogen-bond donors (Lipinski definition) is 0. The summed E-state index contributed by atoms with van der Waals surface area (Å²) in [7, 11) is 1.41. The van der Waals surface area contributed by atoms with Crippen LogP contribution in [-0.4, -0.2) is 36.4 Å². The third-order valence-electron chi connectivity index (χ3n) is 4.58. The van der Waals surface area contributed by atoms with E-state index in [1.165, 1.54) is 7.11 Å². The second-order valence-electron chi connectivity index (χ2n) is 5.95. The van der Waals surface area contributed by atoms with E-state index in [0.29, 0.717) is 18.3 Å². The Labute approximate surface area is 124 Å². The molecule has 2 fully saturated rings. The molecule has 2 atom stereocenters. The molecule has 0 aromatic carbocycles. The van der Waals surface area contributed by atoms with E-state index in [4.69, 9.17) is 14.0 Å². The van der Waals surface area contributed by atoms with Crippen molar-refractivity contribution in [3.8, 4) is 0 Å². The first-order valence-electron chi connectivity index (χ1n) is 7.78. The number of methoxy groups -OCH3 is 1. The number of aromatic nitrogens is 2. The van der Waals surface area contributed by atoms with Crippen molar-refractivity contribution in [2.75, 3.05) is 20.3 Å². The van der Waals surface area contributed by atoms with Crippen LogP contribution < -0.4 is 0 Å². The van der Waals surface area contributed by atoms with Gasteiger partial charge in [-0.25, -0.2) is 0 Å². The molecule has 0 spiro atoms. The minimum atomic E-state index is -0.414. The molecule has 1 aromatic rings. The Bertz CT molecular complexity index is 476. The highest BCUT2D eigenvalue weighted by Crippen LogP contribution is 2.38. The number of rotatable bonds is 4. The lowest BCUT2D eigenvalue weighted by atomic mass is 9.90. The highest BCUT2D eigenvalue weighted by atomic mass is 16.5. The van der Waals surface area contributed by atoms with Gasteiger partial charge in [0.15, 0.2) is 5.82 Å². The summed E-state index contributed by atoms with van der Waals surface area (Å²) in [6.07, 6.45) is 6.35. The smallest absolute Gasteiger partial charge is 0.318 e. The number of carbonyl (C=O) groups excluding carboxylic acids is 1. The Kier molecular flexibility index (Phi) is 4.53. The summed E-state index contributed by atoms with van der Waals surface area (Å²) < 4.78 is 15.8. The largest absolute Gasteiger partial charge is 0.468 e. The molecular formula is C15H22N2O4. The van der Waals surface area contributed by atoms with Crippen LogP contribution >= 0.6 is 0 Å². The fourth-order valence-electron chi connectivity index (χ4n) is 3.40. The molecule has 0 bridgehead atoms. The number of esters is 1. The van der Waals surface area contributed by atoms with Gasteiger partial charge in [0.05, 0.1) is 13.7 Å². The molecule has 21 heavy (non-hydrogen) atoms. The maximum atomic E-state index is 12.1. The molecule has 1 saturated carbocycles. The molecule has 0 N–H and O–H groups in total. The van der Waals surface area contributed by atoms with Gasteiger partial charge >= 0.3 is 5.97 Å². The van der Waals surface area contributed by atoms with E-state index >= 15 is 0 Å². The van der Waals surface area contributed by atoms with E-state index in [-0.39, 0.29) is 17.8 Å². The number of hydrogen-bond acceptors (Lipinski definition) is 6. The van der Waals surface area contributed by atoms with Gasteiger partial charge in [0.1, 0.15) is 5.92 Å². The van der Waals surface area contributed by atoms with Crippen LogP contribution in [0.3, 0.4) is 0 Å². The zero-order valence-corrected chi connectivity index (χ0v) is 12.4. The van der Waals surface area contributed by atoms with Crippen LogP contribution in [0.2, 0.25) is 0 Å². The highest BCUT2D eigenvalue weighted by Gasteiger charge is 2.37. The van der Waals surface area contributed by atoms with E-state index in [1.54, 1.807) is 0 Å². The molecule has 6 nitrogen and oxygen atoms in total. The van der Waals surface area contributed by atoms with Crippen LogP contribution in [0.15, 0.2) is 4.52 Å². The van der Waals surface area contributed by atoms with Crippen LogP contribution in [0.5, 0.6) is 0 Å². The van der Waals surface area contributed by atoms with Gasteiger partial charge in [-0.3, -0.25) is 4.79 Å². The highest BCUT2D eigenvalue weighted by molar-refractivity contribution is 5.77. The lowest BCUT2D eigenvalue weighted by molar-refractivity contribution is -0.144. The molecule has 116 valence electrons. The van der Waals surface area contributed by atoms with Gasteiger partial charge in [0, 0.05) is 12.5 Å². The summed E-state index contributed by atoms with van der Waals surface area (Å²) >= 11 is 0. The molecule has 3 rings (SSSR count). The summed E-state index contributed by atoms with van der Waals surface area (Å²) in [5.41, 5.74) is 0. The quantitative estimate of drug-likeness (QED) is 0.794. The van der Waals surface area contributed by atoms with Crippen molar-refractivity contribution in [1.29, 1.82) is 0 Å². The van der Waals surface area contributed by atoms with Gasteiger partial charge in [0.25, 0.3) is 0 Å². The minimum absolute atomic E-state index is 0.179. The lowest BCUT2D eigenvalue weighted by Crippen LogP contribution is -2.22. The van der Waals surface area contributed by atoms with Crippen LogP contribution in [0, 0.1) is 5.92 Å². The first kappa shape index (κ1) is 14.5. The second kappa shape index (κ2) is 6.56. The summed E-state index contributed by atoms with van der Waals surface area (Å²) in [4.78, 5) is 16.6. The summed E-state index contributed by atoms with van der Waals surface area (Å²) in [6, 6.07) is 0. The lowest BCUT2D eigenvalue weighted by Gasteiger charge is -2.19. The molecule has 1 aromatic heterocycles. The van der Waals surface area contributed by atoms with Crippen molar-refractivity contribution >= 4 is 5.97 Å². The maximum absolute atomic E-state index is 12.1. The van der Waals surface area contributed by atoms with Crippen molar-refractivity contribution in [1.82, 2.24) is 10.1 Å². The van der Waals surface area contributed by atoms with Crippen molar-refractivity contribution < 1.29 is 18.8 Å². The third kappa shape index (κ3) is 3.10. The first-order valence-corrected chi connectivity index (χ1v) is 7.78. The number of carbonyl (C=O) groups is 1. The third-order valence-corrected chi connectivity index (χ3v) is 4.58. The Morgan fingerprint density at radius 3 is 2.76 bits per heavy atom. The van der Waals surface area contributed by atoms with Crippen LogP contribution in [0.1, 0.15) is 62.1 Å². The average molecular weight is 294 g/mol. The van der Waals surface area contributed by atoms with E-state index in [0.717, 1.165) is 45.1 Å². The fourth-order valence-corrected chi connectivity index (χ4v) is 3.40. The van der Waals surface area contributed by atoms with Gasteiger partial charge in [-0.15, -0.1) is 0 Å². The van der Waals surface area contributed by atoms with Crippen molar-refractivity contribution in [2.45, 2.75) is 50.4 Å². The fraction of sp³-hybridized carbons (Fsp3) is 0.800. The van der Waals surface area contributed by atoms with Gasteiger partial charge in [-0.1, -0.05) is 18.0 Å². The van der Waals surface area contributed by atoms with Crippen LogP contribution in [0.25, 0.3) is 0 Å². The molecule has 0 amide bonds. The average Bonchev–Trinajstić information content (AvgIpc) is 3.20. The summed E-state index contributed by atoms with van der Waals surface area (Å²) in [5, 5.41) is 4.07. The van der Waals surface area contributed by atoms with Gasteiger partial charge < -0.3 is 14.0 Å². The Morgan fingerprint density at radius 2 is 2.10 bits per heavy atom. The van der Waals surface area contributed by atoms with Gasteiger partial charge in [-0.05, 0) is 31.6 Å². The van der Waals surface area contributed by atoms with E-state index in [2.05, 4.69) is 10.1 Å². The first-order chi connectivity index (χ1) is 10.3. The molecule has 1 saturated heterocycles. The van der Waals surface area contributed by atoms with Crippen LogP contribution in [-0.2, 0) is 14.3 Å². The zero-order chi connectivity index (χ0) is 14.7. The minimum Gasteiger partial charge on any atom is -0.468 e. The molecule has 0 radical (unpaired) electrons. The second-order valence-corrected chi connectivity index (χ2v) is 5.95. The molecule has 1 aliphatic heterocycles. The topological polar surface area (TPSA) is 74.5 Å². The van der Waals surface area contributed by atoms with E-state index < -0.39 is 5.92 Å². The van der Waals surface area contributed by atoms with Crippen molar-refractivity contribution in [2.24, 2.45) is 5.92 Å². The molecule has 2 heterocycles. The monoisotopic (exact) mass is 294 g/mol. The molecule has 2 unspecified atom stereocenters. The van der Waals surface area contributed by atoms with E-state index in [1.807, 2.05) is 0 Å². The van der Waals surface area contributed by atoms with Crippen molar-refractivity contribution in [3.05, 3.63) is 11.7 Å². The predicted molar refractivity (Wildman–Crippen MR) is 73.8 cm³/mol. The Hall–Kier alpha value is -1.43. The maximum Gasteiger partial charge on any atom is 0.318 e. The summed E-state index contributed by atoms with van der Waals surface area (Å²) in [6.45, 7) is 1.43. The SMILES string of the molecule is COC(=O)C(c1nc(C2CCCOC2)no1)C1CCCC1. The van der Waals surface area contributed by atoms with Crippen molar-refractivity contribution in [3.63, 3.8) is 0 Å². The normalized spacial score (nSPS) is 24.9. The predicted octanol–water partition coefficient (Wildman–Crippen LogP) is 2.41. The number of nitrogens with zero attached hydrogens (tertiary/aromatic N) is 2. The van der Waals surface area contributed by atoms with E-state index in [9.17, 15) is 4.79 Å². The molecule has 2 aliphatic rings. The van der Waals surface area contributed by atoms with Crippen LogP contribution in [0.4, 0.5) is 0 Å². The molecule has 1 aliphatic carbocycles. The Morgan fingerprint density at radius 1 is 1.29 bits per heavy atom. The zero-order valence-electron chi connectivity index (χ0n) is 12.4. The molecular weight excluding hydrogens is 272 g/mol.